The molecular formula is C11H17NO4Si. The topological polar surface area (TPSA) is 57.7 Å². The van der Waals surface area contributed by atoms with E-state index in [9.17, 15) is 4.79 Å². The van der Waals surface area contributed by atoms with E-state index in [2.05, 4.69) is 4.98 Å². The van der Waals surface area contributed by atoms with Gasteiger partial charge in [0.15, 0.2) is 0 Å². The molecule has 0 spiro atoms. The van der Waals surface area contributed by atoms with Crippen molar-refractivity contribution in [2.24, 2.45) is 0 Å². The summed E-state index contributed by atoms with van der Waals surface area (Å²) in [6, 6.07) is 3.57. The number of esters is 1. The van der Waals surface area contributed by atoms with Crippen molar-refractivity contribution >= 4 is 15.3 Å². The Morgan fingerprint density at radius 1 is 1.35 bits per heavy atom. The summed E-state index contributed by atoms with van der Waals surface area (Å²) in [5, 5.41) is 0. The minimum atomic E-state index is -1.91. The van der Waals surface area contributed by atoms with E-state index in [0.717, 1.165) is 5.56 Å². The van der Waals surface area contributed by atoms with Gasteiger partial charge in [0.05, 0.1) is 6.42 Å². The standard InChI is InChI=1S/C11H17NO4Si/c1-9(17(14-2)15-3)16-11(13)8-10-4-6-12-7-5-10/h4-7,9,17H,8H2,1-3H3. The third-order valence-corrected chi connectivity index (χ3v) is 4.09. The Morgan fingerprint density at radius 3 is 2.47 bits per heavy atom. The number of aromatic nitrogens is 1. The molecular weight excluding hydrogens is 238 g/mol. The van der Waals surface area contributed by atoms with E-state index in [1.165, 1.54) is 0 Å². The van der Waals surface area contributed by atoms with Crippen LogP contribution in [0.4, 0.5) is 0 Å². The maximum Gasteiger partial charge on any atom is 0.363 e. The van der Waals surface area contributed by atoms with E-state index in [4.69, 9.17) is 13.6 Å². The van der Waals surface area contributed by atoms with E-state index in [-0.39, 0.29) is 18.1 Å². The van der Waals surface area contributed by atoms with Crippen molar-refractivity contribution in [2.75, 3.05) is 14.2 Å². The second-order valence-corrected chi connectivity index (χ2v) is 6.19. The van der Waals surface area contributed by atoms with Crippen LogP contribution in [-0.2, 0) is 24.8 Å². The van der Waals surface area contributed by atoms with Crippen LogP contribution in [0.25, 0.3) is 0 Å². The lowest BCUT2D eigenvalue weighted by atomic mass is 10.2. The van der Waals surface area contributed by atoms with Crippen LogP contribution < -0.4 is 0 Å². The fourth-order valence-electron chi connectivity index (χ4n) is 1.45. The molecule has 0 saturated heterocycles. The molecule has 0 aliphatic carbocycles. The molecule has 1 aromatic heterocycles. The SMILES string of the molecule is CO[SiH](OC)C(C)OC(=O)Cc1ccncc1. The second-order valence-electron chi connectivity index (χ2n) is 3.57. The molecule has 0 bridgehead atoms. The zero-order chi connectivity index (χ0) is 12.7. The van der Waals surface area contributed by atoms with Crippen molar-refractivity contribution in [1.82, 2.24) is 4.98 Å². The number of pyridine rings is 1. The average molecular weight is 255 g/mol. The summed E-state index contributed by atoms with van der Waals surface area (Å²) in [6.45, 7) is 1.79. The lowest BCUT2D eigenvalue weighted by Gasteiger charge is -2.19. The predicted octanol–water partition coefficient (Wildman–Crippen LogP) is 0.608. The van der Waals surface area contributed by atoms with Gasteiger partial charge in [-0.2, -0.15) is 0 Å². The molecule has 1 atom stereocenters. The van der Waals surface area contributed by atoms with E-state index < -0.39 is 9.28 Å². The van der Waals surface area contributed by atoms with Crippen molar-refractivity contribution in [3.8, 4) is 0 Å². The van der Waals surface area contributed by atoms with Crippen LogP contribution in [0.5, 0.6) is 0 Å². The summed E-state index contributed by atoms with van der Waals surface area (Å²) in [7, 11) is 1.22. The highest BCUT2D eigenvalue weighted by Gasteiger charge is 2.23. The Morgan fingerprint density at radius 2 is 1.94 bits per heavy atom. The molecule has 17 heavy (non-hydrogen) atoms. The van der Waals surface area contributed by atoms with Gasteiger partial charge in [0.1, 0.15) is 5.73 Å². The van der Waals surface area contributed by atoms with E-state index in [0.29, 0.717) is 0 Å². The summed E-state index contributed by atoms with van der Waals surface area (Å²) >= 11 is 0. The minimum Gasteiger partial charge on any atom is -0.461 e. The molecule has 6 heteroatoms. The Balaban J connectivity index is 2.44. The number of carbonyl (C=O) groups excluding carboxylic acids is 1. The quantitative estimate of drug-likeness (QED) is 0.550. The highest BCUT2D eigenvalue weighted by molar-refractivity contribution is 6.46. The Bertz CT molecular complexity index is 343. The summed E-state index contributed by atoms with van der Waals surface area (Å²) in [6.07, 6.45) is 3.53. The molecule has 0 saturated carbocycles. The molecule has 1 aromatic rings. The van der Waals surface area contributed by atoms with Crippen LogP contribution in [-0.4, -0.2) is 40.2 Å². The first kappa shape index (κ1) is 13.8. The number of nitrogens with zero attached hydrogens (tertiary/aromatic N) is 1. The number of hydrogen-bond donors (Lipinski definition) is 0. The van der Waals surface area contributed by atoms with E-state index in [1.54, 1.807) is 45.7 Å². The van der Waals surface area contributed by atoms with Crippen LogP contribution in [0, 0.1) is 0 Å². The van der Waals surface area contributed by atoms with Crippen molar-refractivity contribution in [2.45, 2.75) is 19.1 Å². The molecule has 0 aromatic carbocycles. The van der Waals surface area contributed by atoms with Gasteiger partial charge in [0, 0.05) is 26.6 Å². The summed E-state index contributed by atoms with van der Waals surface area (Å²) in [5.41, 5.74) is 0.574. The zero-order valence-electron chi connectivity index (χ0n) is 10.3. The van der Waals surface area contributed by atoms with Crippen LogP contribution >= 0.6 is 0 Å². The highest BCUT2D eigenvalue weighted by Crippen LogP contribution is 2.04. The fraction of sp³-hybridized carbons (Fsp3) is 0.455. The number of carbonyl (C=O) groups is 1. The molecule has 0 N–H and O–H groups in total. The smallest absolute Gasteiger partial charge is 0.363 e. The molecule has 0 radical (unpaired) electrons. The highest BCUT2D eigenvalue weighted by atomic mass is 28.3. The number of hydrogen-bond acceptors (Lipinski definition) is 5. The monoisotopic (exact) mass is 255 g/mol. The normalized spacial score (nSPS) is 12.5. The molecule has 1 unspecified atom stereocenters. The van der Waals surface area contributed by atoms with Gasteiger partial charge in [-0.15, -0.1) is 0 Å². The van der Waals surface area contributed by atoms with Gasteiger partial charge in [-0.05, 0) is 24.6 Å². The molecule has 0 amide bonds. The van der Waals surface area contributed by atoms with Crippen LogP contribution in [0.2, 0.25) is 0 Å². The van der Waals surface area contributed by atoms with Crippen LogP contribution in [0.1, 0.15) is 12.5 Å². The molecule has 94 valence electrons. The van der Waals surface area contributed by atoms with Crippen molar-refractivity contribution < 1.29 is 18.4 Å². The van der Waals surface area contributed by atoms with Gasteiger partial charge >= 0.3 is 15.3 Å². The second kappa shape index (κ2) is 7.15. The van der Waals surface area contributed by atoms with Crippen molar-refractivity contribution in [1.29, 1.82) is 0 Å². The zero-order valence-corrected chi connectivity index (χ0v) is 11.4. The third kappa shape index (κ3) is 4.64. The van der Waals surface area contributed by atoms with Crippen molar-refractivity contribution in [3.63, 3.8) is 0 Å². The lowest BCUT2D eigenvalue weighted by molar-refractivity contribution is -0.145. The van der Waals surface area contributed by atoms with Gasteiger partial charge in [-0.1, -0.05) is 0 Å². The minimum absolute atomic E-state index is 0.238. The summed E-state index contributed by atoms with van der Waals surface area (Å²) < 4.78 is 15.5. The van der Waals surface area contributed by atoms with Gasteiger partial charge < -0.3 is 13.6 Å². The average Bonchev–Trinajstić information content (AvgIpc) is 2.31. The largest absolute Gasteiger partial charge is 0.461 e. The summed E-state index contributed by atoms with van der Waals surface area (Å²) in [4.78, 5) is 15.5. The first-order chi connectivity index (χ1) is 8.17. The maximum absolute atomic E-state index is 11.6. The van der Waals surface area contributed by atoms with Gasteiger partial charge in [-0.25, -0.2) is 0 Å². The van der Waals surface area contributed by atoms with Gasteiger partial charge in [0.2, 0.25) is 0 Å². The van der Waals surface area contributed by atoms with Crippen molar-refractivity contribution in [3.05, 3.63) is 30.1 Å². The molecule has 0 fully saturated rings. The van der Waals surface area contributed by atoms with Gasteiger partial charge in [0.25, 0.3) is 0 Å². The maximum atomic E-state index is 11.6. The predicted molar refractivity (Wildman–Crippen MR) is 64.7 cm³/mol. The third-order valence-electron chi connectivity index (χ3n) is 2.26. The van der Waals surface area contributed by atoms with Gasteiger partial charge in [-0.3, -0.25) is 9.78 Å². The summed E-state index contributed by atoms with van der Waals surface area (Å²) in [5.74, 6) is -0.282. The lowest BCUT2D eigenvalue weighted by Crippen LogP contribution is -2.37. The van der Waals surface area contributed by atoms with E-state index in [1.807, 2.05) is 0 Å². The van der Waals surface area contributed by atoms with Crippen LogP contribution in [0.3, 0.4) is 0 Å². The Kier molecular flexibility index (Phi) is 5.82. The molecule has 1 heterocycles. The first-order valence-electron chi connectivity index (χ1n) is 5.31. The first-order valence-corrected chi connectivity index (χ1v) is 6.92. The molecule has 0 aliphatic rings. The number of ether oxygens (including phenoxy) is 1. The van der Waals surface area contributed by atoms with Crippen LogP contribution in [0.15, 0.2) is 24.5 Å². The van der Waals surface area contributed by atoms with E-state index >= 15 is 0 Å². The molecule has 5 nitrogen and oxygen atoms in total. The molecule has 1 rings (SSSR count). The Hall–Kier alpha value is -1.24. The molecule has 0 aliphatic heterocycles. The number of rotatable bonds is 6. The fourth-order valence-corrected chi connectivity index (χ4v) is 2.67. The Labute approximate surface area is 103 Å².